The molecule has 25 heavy (non-hydrogen) atoms. The molecule has 0 amide bonds. The number of hydrogen-bond acceptors (Lipinski definition) is 4. The monoisotopic (exact) mass is 386 g/mol. The fourth-order valence-electron chi connectivity index (χ4n) is 3.52. The largest absolute Gasteiger partial charge is 0.244 e. The van der Waals surface area contributed by atoms with E-state index in [-0.39, 0.29) is 9.79 Å². The highest BCUT2D eigenvalue weighted by molar-refractivity contribution is 7.92. The number of benzene rings is 1. The Hall–Kier alpha value is -0.960. The van der Waals surface area contributed by atoms with E-state index >= 15 is 0 Å². The summed E-state index contributed by atoms with van der Waals surface area (Å²) in [6.45, 7) is 3.62. The van der Waals surface area contributed by atoms with Gasteiger partial charge in [0.1, 0.15) is 9.79 Å². The molecular weight excluding hydrogens is 360 g/mol. The Morgan fingerprint density at radius 1 is 0.680 bits per heavy atom. The maximum atomic E-state index is 13.1. The standard InChI is InChI=1S/C17H26N2O4S2/c1-15-8-9-16(24(20,21)18-10-4-2-5-11-18)17(14-15)25(22,23)19-12-6-3-7-13-19/h8-9,14H,2-7,10-13H2,1H3. The van der Waals surface area contributed by atoms with Crippen LogP contribution in [0.4, 0.5) is 0 Å². The maximum absolute atomic E-state index is 13.1. The van der Waals surface area contributed by atoms with E-state index in [4.69, 9.17) is 0 Å². The van der Waals surface area contributed by atoms with Crippen LogP contribution in [0.15, 0.2) is 28.0 Å². The van der Waals surface area contributed by atoms with Gasteiger partial charge >= 0.3 is 0 Å². The zero-order valence-electron chi connectivity index (χ0n) is 14.6. The summed E-state index contributed by atoms with van der Waals surface area (Å²) in [5, 5.41) is 0. The van der Waals surface area contributed by atoms with Gasteiger partial charge in [-0.15, -0.1) is 0 Å². The number of rotatable bonds is 4. The van der Waals surface area contributed by atoms with Crippen molar-refractivity contribution in [2.45, 2.75) is 55.2 Å². The lowest BCUT2D eigenvalue weighted by molar-refractivity contribution is 0.341. The van der Waals surface area contributed by atoms with Crippen molar-refractivity contribution < 1.29 is 16.8 Å². The molecule has 6 nitrogen and oxygen atoms in total. The van der Waals surface area contributed by atoms with Crippen LogP contribution in [0.3, 0.4) is 0 Å². The van der Waals surface area contributed by atoms with Crippen molar-refractivity contribution in [3.8, 4) is 0 Å². The molecule has 3 rings (SSSR count). The molecule has 0 unspecified atom stereocenters. The fraction of sp³-hybridized carbons (Fsp3) is 0.647. The molecule has 2 heterocycles. The third-order valence-corrected chi connectivity index (χ3v) is 8.99. The highest BCUT2D eigenvalue weighted by Crippen LogP contribution is 2.30. The Morgan fingerprint density at radius 2 is 1.12 bits per heavy atom. The Balaban J connectivity index is 2.06. The summed E-state index contributed by atoms with van der Waals surface area (Å²) in [6.07, 6.45) is 5.30. The smallest absolute Gasteiger partial charge is 0.207 e. The average Bonchev–Trinajstić information content (AvgIpc) is 2.63. The number of hydrogen-bond donors (Lipinski definition) is 0. The minimum Gasteiger partial charge on any atom is -0.207 e. The van der Waals surface area contributed by atoms with Gasteiger partial charge in [-0.05, 0) is 50.3 Å². The molecule has 0 N–H and O–H groups in total. The van der Waals surface area contributed by atoms with E-state index < -0.39 is 20.0 Å². The zero-order chi connectivity index (χ0) is 18.1. The third kappa shape index (κ3) is 3.77. The minimum atomic E-state index is -3.81. The molecular formula is C17H26N2O4S2. The van der Waals surface area contributed by atoms with Crippen molar-refractivity contribution >= 4 is 20.0 Å². The third-order valence-electron chi connectivity index (χ3n) is 4.96. The van der Waals surface area contributed by atoms with Crippen LogP contribution in [0.5, 0.6) is 0 Å². The molecule has 0 spiro atoms. The van der Waals surface area contributed by atoms with E-state index in [0.29, 0.717) is 26.2 Å². The summed E-state index contributed by atoms with van der Waals surface area (Å²) in [6, 6.07) is 4.63. The molecule has 2 aliphatic rings. The molecule has 8 heteroatoms. The normalized spacial score (nSPS) is 21.3. The molecule has 1 aromatic rings. The van der Waals surface area contributed by atoms with Crippen molar-refractivity contribution in [2.24, 2.45) is 0 Å². The first-order valence-electron chi connectivity index (χ1n) is 8.94. The molecule has 1 aromatic carbocycles. The highest BCUT2D eigenvalue weighted by atomic mass is 32.2. The van der Waals surface area contributed by atoms with Gasteiger partial charge in [0.2, 0.25) is 20.0 Å². The van der Waals surface area contributed by atoms with Gasteiger partial charge in [-0.1, -0.05) is 18.9 Å². The first kappa shape index (κ1) is 18.8. The predicted octanol–water partition coefficient (Wildman–Crippen LogP) is 2.34. The molecule has 2 fully saturated rings. The quantitative estimate of drug-likeness (QED) is 0.796. The lowest BCUT2D eigenvalue weighted by atomic mass is 10.2. The van der Waals surface area contributed by atoms with Crippen molar-refractivity contribution in [2.75, 3.05) is 26.2 Å². The van der Waals surface area contributed by atoms with E-state index in [2.05, 4.69) is 0 Å². The summed E-state index contributed by atoms with van der Waals surface area (Å²) in [5.74, 6) is 0. The zero-order valence-corrected chi connectivity index (χ0v) is 16.3. The molecule has 140 valence electrons. The number of aryl methyl sites for hydroxylation is 1. The van der Waals surface area contributed by atoms with E-state index in [1.165, 1.54) is 20.7 Å². The Bertz CT molecular complexity index is 822. The molecule has 0 aromatic heterocycles. The second kappa shape index (κ2) is 7.34. The van der Waals surface area contributed by atoms with Crippen LogP contribution < -0.4 is 0 Å². The predicted molar refractivity (Wildman–Crippen MR) is 96.4 cm³/mol. The van der Waals surface area contributed by atoms with Crippen molar-refractivity contribution in [3.63, 3.8) is 0 Å². The summed E-state index contributed by atoms with van der Waals surface area (Å²) in [5.41, 5.74) is 0.744. The van der Waals surface area contributed by atoms with Crippen molar-refractivity contribution in [3.05, 3.63) is 23.8 Å². The summed E-state index contributed by atoms with van der Waals surface area (Å²) in [4.78, 5) is -0.148. The molecule has 0 aliphatic carbocycles. The van der Waals surface area contributed by atoms with Gasteiger partial charge in [0, 0.05) is 26.2 Å². The van der Waals surface area contributed by atoms with Gasteiger partial charge in [0.15, 0.2) is 0 Å². The SMILES string of the molecule is Cc1ccc(S(=O)(=O)N2CCCCC2)c(S(=O)(=O)N2CCCCC2)c1. The highest BCUT2D eigenvalue weighted by Gasteiger charge is 2.35. The Morgan fingerprint density at radius 3 is 1.60 bits per heavy atom. The number of nitrogens with zero attached hydrogens (tertiary/aromatic N) is 2. The Labute approximate surface area is 150 Å². The Kier molecular flexibility index (Phi) is 5.53. The van der Waals surface area contributed by atoms with E-state index in [0.717, 1.165) is 44.1 Å². The van der Waals surface area contributed by atoms with E-state index in [1.807, 2.05) is 0 Å². The van der Waals surface area contributed by atoms with Crippen molar-refractivity contribution in [1.82, 2.24) is 8.61 Å². The van der Waals surface area contributed by atoms with Gasteiger partial charge < -0.3 is 0 Å². The fourth-order valence-corrected chi connectivity index (χ4v) is 7.39. The first-order valence-corrected chi connectivity index (χ1v) is 11.8. The summed E-state index contributed by atoms with van der Waals surface area (Å²) >= 11 is 0. The first-order chi connectivity index (χ1) is 11.8. The van der Waals surface area contributed by atoms with Crippen LogP contribution in [-0.4, -0.2) is 51.6 Å². The summed E-state index contributed by atoms with van der Waals surface area (Å²) in [7, 11) is -7.61. The molecule has 0 radical (unpaired) electrons. The van der Waals surface area contributed by atoms with Gasteiger partial charge in [-0.3, -0.25) is 0 Å². The van der Waals surface area contributed by atoms with Gasteiger partial charge in [-0.2, -0.15) is 8.61 Å². The van der Waals surface area contributed by atoms with Crippen LogP contribution in [0.25, 0.3) is 0 Å². The van der Waals surface area contributed by atoms with Gasteiger partial charge in [0.25, 0.3) is 0 Å². The number of piperidine rings is 2. The van der Waals surface area contributed by atoms with Crippen LogP contribution in [0, 0.1) is 6.92 Å². The van der Waals surface area contributed by atoms with Crippen molar-refractivity contribution in [1.29, 1.82) is 0 Å². The van der Waals surface area contributed by atoms with E-state index in [1.54, 1.807) is 13.0 Å². The lowest BCUT2D eigenvalue weighted by Gasteiger charge is -2.29. The molecule has 2 aliphatic heterocycles. The van der Waals surface area contributed by atoms with Crippen LogP contribution in [-0.2, 0) is 20.0 Å². The van der Waals surface area contributed by atoms with Gasteiger partial charge in [-0.25, -0.2) is 16.8 Å². The summed E-state index contributed by atoms with van der Waals surface area (Å²) < 4.78 is 55.3. The topological polar surface area (TPSA) is 74.8 Å². The molecule has 0 atom stereocenters. The second-order valence-electron chi connectivity index (χ2n) is 6.88. The minimum absolute atomic E-state index is 0.0695. The maximum Gasteiger partial charge on any atom is 0.244 e. The number of sulfonamides is 2. The lowest BCUT2D eigenvalue weighted by Crippen LogP contribution is -2.39. The van der Waals surface area contributed by atoms with Crippen LogP contribution in [0.1, 0.15) is 44.1 Å². The molecule has 0 saturated carbocycles. The van der Waals surface area contributed by atoms with E-state index in [9.17, 15) is 16.8 Å². The van der Waals surface area contributed by atoms with Crippen LogP contribution >= 0.6 is 0 Å². The van der Waals surface area contributed by atoms with Gasteiger partial charge in [0.05, 0.1) is 0 Å². The van der Waals surface area contributed by atoms with Crippen LogP contribution in [0.2, 0.25) is 0 Å². The molecule has 2 saturated heterocycles. The molecule has 0 bridgehead atoms. The average molecular weight is 387 g/mol. The second-order valence-corrected chi connectivity index (χ2v) is 10.7.